The molecule has 0 saturated carbocycles. The van der Waals surface area contributed by atoms with E-state index >= 15 is 0 Å². The Balaban J connectivity index is -0.000000720. The molecule has 0 aromatic carbocycles. The van der Waals surface area contributed by atoms with Crippen LogP contribution in [-0.2, 0) is 0 Å². The van der Waals surface area contributed by atoms with Crippen molar-refractivity contribution in [2.45, 2.75) is 71.1 Å². The third kappa shape index (κ3) is 21.4. The summed E-state index contributed by atoms with van der Waals surface area (Å²) < 4.78 is 0. The van der Waals surface area contributed by atoms with Crippen molar-refractivity contribution < 1.29 is 42.0 Å². The standard InChI is InChI=1S/C12H25Cl.ClH.Na/c1-2-3-4-5-6-7-8-9-10-11-12-13;;/h2-12H2,1H3;1H;/q;;+1/p-1. The van der Waals surface area contributed by atoms with Crippen molar-refractivity contribution in [2.24, 2.45) is 0 Å². The number of hydrogen-bond acceptors (Lipinski definition) is 0. The maximum atomic E-state index is 5.60. The van der Waals surface area contributed by atoms with Gasteiger partial charge in [-0.3, -0.25) is 0 Å². The van der Waals surface area contributed by atoms with Gasteiger partial charge in [0.25, 0.3) is 0 Å². The molecule has 0 aliphatic carbocycles. The van der Waals surface area contributed by atoms with Crippen LogP contribution in [0.5, 0.6) is 0 Å². The summed E-state index contributed by atoms with van der Waals surface area (Å²) in [6.45, 7) is 2.27. The number of hydrogen-bond donors (Lipinski definition) is 0. The molecule has 0 amide bonds. The summed E-state index contributed by atoms with van der Waals surface area (Å²) in [5, 5.41) is 0. The van der Waals surface area contributed by atoms with Gasteiger partial charge in [0.2, 0.25) is 0 Å². The van der Waals surface area contributed by atoms with E-state index in [1.165, 1.54) is 64.2 Å². The average Bonchev–Trinajstić information content (AvgIpc) is 2.16. The van der Waals surface area contributed by atoms with Gasteiger partial charge in [0.15, 0.2) is 0 Å². The largest absolute Gasteiger partial charge is 1.00 e. The van der Waals surface area contributed by atoms with Crippen LogP contribution in [0.2, 0.25) is 0 Å². The van der Waals surface area contributed by atoms with E-state index in [0.717, 1.165) is 5.88 Å². The second kappa shape index (κ2) is 20.9. The summed E-state index contributed by atoms with van der Waals surface area (Å²) in [6, 6.07) is 0. The van der Waals surface area contributed by atoms with Gasteiger partial charge in [-0.05, 0) is 6.42 Å². The second-order valence-corrected chi connectivity index (χ2v) is 4.25. The molecular weight excluding hydrogens is 238 g/mol. The topological polar surface area (TPSA) is 0 Å². The Labute approximate surface area is 130 Å². The maximum absolute atomic E-state index is 5.60. The summed E-state index contributed by atoms with van der Waals surface area (Å²) in [5.74, 6) is 0.844. The van der Waals surface area contributed by atoms with Crippen LogP contribution in [0.25, 0.3) is 0 Å². The summed E-state index contributed by atoms with van der Waals surface area (Å²) in [5.41, 5.74) is 0. The molecule has 0 nitrogen and oxygen atoms in total. The summed E-state index contributed by atoms with van der Waals surface area (Å²) in [7, 11) is 0. The Morgan fingerprint density at radius 2 is 1.00 bits per heavy atom. The first kappa shape index (κ1) is 21.8. The van der Waals surface area contributed by atoms with Gasteiger partial charge in [-0.1, -0.05) is 64.7 Å². The van der Waals surface area contributed by atoms with E-state index < -0.39 is 0 Å². The predicted octanol–water partition coefficient (Wildman–Crippen LogP) is -0.846. The minimum atomic E-state index is 0. The van der Waals surface area contributed by atoms with Gasteiger partial charge in [0.05, 0.1) is 0 Å². The van der Waals surface area contributed by atoms with Crippen LogP contribution in [-0.4, -0.2) is 5.88 Å². The normalized spacial score (nSPS) is 9.20. The fraction of sp³-hybridized carbons (Fsp3) is 1.00. The molecule has 0 spiro atoms. The molecule has 15 heavy (non-hydrogen) atoms. The first-order valence-corrected chi connectivity index (χ1v) is 6.51. The van der Waals surface area contributed by atoms with E-state index in [4.69, 9.17) is 11.6 Å². The quantitative estimate of drug-likeness (QED) is 0.274. The zero-order chi connectivity index (χ0) is 9.78. The van der Waals surface area contributed by atoms with Gasteiger partial charge in [-0.25, -0.2) is 0 Å². The molecule has 0 saturated heterocycles. The smallest absolute Gasteiger partial charge is 1.00 e. The van der Waals surface area contributed by atoms with Crippen molar-refractivity contribution in [1.82, 2.24) is 0 Å². The molecule has 0 heterocycles. The molecule has 0 radical (unpaired) electrons. The Morgan fingerprint density at radius 1 is 0.667 bits per heavy atom. The van der Waals surface area contributed by atoms with Gasteiger partial charge >= 0.3 is 29.6 Å². The number of unbranched alkanes of at least 4 members (excludes halogenated alkanes) is 9. The molecule has 0 unspecified atom stereocenters. The maximum Gasteiger partial charge on any atom is 1.00 e. The van der Waals surface area contributed by atoms with Crippen LogP contribution >= 0.6 is 11.6 Å². The third-order valence-corrected chi connectivity index (χ3v) is 2.75. The minimum Gasteiger partial charge on any atom is -1.00 e. The van der Waals surface area contributed by atoms with Crippen LogP contribution < -0.4 is 42.0 Å². The zero-order valence-electron chi connectivity index (χ0n) is 10.5. The van der Waals surface area contributed by atoms with Crippen molar-refractivity contribution in [1.29, 1.82) is 0 Å². The monoisotopic (exact) mass is 262 g/mol. The molecule has 3 heteroatoms. The van der Waals surface area contributed by atoms with E-state index in [1.807, 2.05) is 0 Å². The van der Waals surface area contributed by atoms with Crippen molar-refractivity contribution in [3.63, 3.8) is 0 Å². The van der Waals surface area contributed by atoms with E-state index in [2.05, 4.69) is 6.92 Å². The van der Waals surface area contributed by atoms with Crippen LogP contribution in [0.3, 0.4) is 0 Å². The minimum absolute atomic E-state index is 0. The molecule has 88 valence electrons. The molecule has 0 atom stereocenters. The van der Waals surface area contributed by atoms with Gasteiger partial charge in [-0.2, -0.15) is 0 Å². The Morgan fingerprint density at radius 3 is 1.33 bits per heavy atom. The molecule has 0 aliphatic rings. The van der Waals surface area contributed by atoms with E-state index in [0.29, 0.717) is 0 Å². The van der Waals surface area contributed by atoms with Crippen LogP contribution in [0.15, 0.2) is 0 Å². The van der Waals surface area contributed by atoms with Crippen LogP contribution in [0, 0.1) is 0 Å². The summed E-state index contributed by atoms with van der Waals surface area (Å²) in [4.78, 5) is 0. The van der Waals surface area contributed by atoms with E-state index in [-0.39, 0.29) is 42.0 Å². The van der Waals surface area contributed by atoms with Gasteiger partial charge < -0.3 is 12.4 Å². The fourth-order valence-corrected chi connectivity index (χ4v) is 1.77. The zero-order valence-corrected chi connectivity index (χ0v) is 14.0. The number of rotatable bonds is 10. The molecular formula is C12H25Cl2Na. The van der Waals surface area contributed by atoms with Crippen molar-refractivity contribution >= 4 is 11.6 Å². The molecule has 0 fully saturated rings. The molecule has 0 aromatic rings. The van der Waals surface area contributed by atoms with Crippen molar-refractivity contribution in [2.75, 3.05) is 5.88 Å². The first-order chi connectivity index (χ1) is 6.41. The SMILES string of the molecule is CCCCCCCCCCCCCl.[Cl-].[Na+]. The Kier molecular flexibility index (Phi) is 30.4. The summed E-state index contributed by atoms with van der Waals surface area (Å²) >= 11 is 5.60. The predicted molar refractivity (Wildman–Crippen MR) is 62.6 cm³/mol. The van der Waals surface area contributed by atoms with Crippen LogP contribution in [0.1, 0.15) is 71.1 Å². The molecule has 0 rings (SSSR count). The van der Waals surface area contributed by atoms with Crippen molar-refractivity contribution in [3.05, 3.63) is 0 Å². The number of alkyl halides is 1. The first-order valence-electron chi connectivity index (χ1n) is 5.97. The molecule has 0 N–H and O–H groups in total. The Hall–Kier alpha value is 1.58. The number of halogens is 2. The van der Waals surface area contributed by atoms with E-state index in [9.17, 15) is 0 Å². The van der Waals surface area contributed by atoms with Gasteiger partial charge in [0, 0.05) is 5.88 Å². The molecule has 0 bridgehead atoms. The van der Waals surface area contributed by atoms with E-state index in [1.54, 1.807) is 0 Å². The average molecular weight is 263 g/mol. The Bertz CT molecular complexity index is 79.7. The molecule has 0 aromatic heterocycles. The summed E-state index contributed by atoms with van der Waals surface area (Å²) in [6.07, 6.45) is 13.9. The van der Waals surface area contributed by atoms with Gasteiger partial charge in [0.1, 0.15) is 0 Å². The van der Waals surface area contributed by atoms with Crippen LogP contribution in [0.4, 0.5) is 0 Å². The fourth-order valence-electron chi connectivity index (χ4n) is 1.58. The van der Waals surface area contributed by atoms with Crippen molar-refractivity contribution in [3.8, 4) is 0 Å². The second-order valence-electron chi connectivity index (χ2n) is 3.87. The molecule has 0 aliphatic heterocycles. The third-order valence-electron chi connectivity index (χ3n) is 2.49. The van der Waals surface area contributed by atoms with Gasteiger partial charge in [-0.15, -0.1) is 11.6 Å².